The van der Waals surface area contributed by atoms with Gasteiger partial charge in [0.15, 0.2) is 26.4 Å². The topological polar surface area (TPSA) is 112 Å². The molecular formula is C15H22F12N2O7P2. The standard InChI is InChI=1S/C15H22F12N2O7P2/c1-3-9(37(31,33-5-12(16,17)18)34-6-13(19,20)21)28-11(30)29-10(4-2)38(32,35-7-14(22,23)24)36-8-15(25,26)27/h9-10H,3-8H2,1-2H3,(H2,28,29,30). The molecule has 0 bridgehead atoms. The number of rotatable bonds is 14. The van der Waals surface area contributed by atoms with E-state index in [4.69, 9.17) is 0 Å². The van der Waals surface area contributed by atoms with E-state index in [9.17, 15) is 66.6 Å². The third-order valence-corrected chi connectivity index (χ3v) is 8.24. The predicted molar refractivity (Wildman–Crippen MR) is 103 cm³/mol. The molecule has 9 nitrogen and oxygen atoms in total. The molecule has 38 heavy (non-hydrogen) atoms. The van der Waals surface area contributed by atoms with Gasteiger partial charge in [-0.25, -0.2) is 4.79 Å². The second-order valence-corrected chi connectivity index (χ2v) is 11.5. The van der Waals surface area contributed by atoms with E-state index in [0.29, 0.717) is 0 Å². The molecule has 2 amide bonds. The highest BCUT2D eigenvalue weighted by atomic mass is 31.2. The Morgan fingerprint density at radius 3 is 0.947 bits per heavy atom. The number of urea groups is 1. The number of carbonyl (C=O) groups is 1. The molecule has 2 unspecified atom stereocenters. The summed E-state index contributed by atoms with van der Waals surface area (Å²) in [5.41, 5.74) is 0. The van der Waals surface area contributed by atoms with E-state index in [0.717, 1.165) is 13.8 Å². The van der Waals surface area contributed by atoms with E-state index >= 15 is 0 Å². The van der Waals surface area contributed by atoms with Gasteiger partial charge in [-0.05, 0) is 12.8 Å². The molecule has 0 radical (unpaired) electrons. The zero-order chi connectivity index (χ0) is 30.2. The molecule has 0 saturated carbocycles. The van der Waals surface area contributed by atoms with Crippen LogP contribution >= 0.6 is 15.2 Å². The number of halogens is 12. The lowest BCUT2D eigenvalue weighted by Gasteiger charge is -2.30. The van der Waals surface area contributed by atoms with Crippen molar-refractivity contribution in [3.63, 3.8) is 0 Å². The number of hydrogen-bond acceptors (Lipinski definition) is 7. The zero-order valence-electron chi connectivity index (χ0n) is 19.2. The van der Waals surface area contributed by atoms with Crippen molar-refractivity contribution in [2.45, 2.75) is 63.0 Å². The predicted octanol–water partition coefficient (Wildman–Crippen LogP) is 6.46. The van der Waals surface area contributed by atoms with Crippen molar-refractivity contribution in [2.24, 2.45) is 0 Å². The number of carbonyl (C=O) groups excluding carboxylic acids is 1. The molecule has 2 N–H and O–H groups in total. The van der Waals surface area contributed by atoms with Crippen LogP contribution in [0.25, 0.3) is 0 Å². The van der Waals surface area contributed by atoms with Gasteiger partial charge in [-0.2, -0.15) is 52.7 Å². The smallest absolute Gasteiger partial charge is 0.324 e. The Kier molecular flexibility index (Phi) is 13.4. The molecule has 0 fully saturated rings. The average molecular weight is 632 g/mol. The maximum absolute atomic E-state index is 12.7. The van der Waals surface area contributed by atoms with Gasteiger partial charge in [0.05, 0.1) is 0 Å². The highest BCUT2D eigenvalue weighted by molar-refractivity contribution is 7.55. The third-order valence-electron chi connectivity index (χ3n) is 3.76. The summed E-state index contributed by atoms with van der Waals surface area (Å²) in [6, 6.07) is -1.76. The molecule has 0 aromatic carbocycles. The van der Waals surface area contributed by atoms with Gasteiger partial charge in [0.2, 0.25) is 0 Å². The van der Waals surface area contributed by atoms with Crippen LogP contribution in [-0.2, 0) is 27.2 Å². The van der Waals surface area contributed by atoms with E-state index in [1.807, 2.05) is 0 Å². The quantitative estimate of drug-likeness (QED) is 0.167. The van der Waals surface area contributed by atoms with Crippen molar-refractivity contribution >= 4 is 21.2 Å². The van der Waals surface area contributed by atoms with Crippen LogP contribution < -0.4 is 10.6 Å². The molecule has 23 heteroatoms. The summed E-state index contributed by atoms with van der Waals surface area (Å²) in [5.74, 6) is -4.51. The van der Waals surface area contributed by atoms with Crippen molar-refractivity contribution in [3.8, 4) is 0 Å². The third kappa shape index (κ3) is 15.4. The lowest BCUT2D eigenvalue weighted by molar-refractivity contribution is -0.166. The van der Waals surface area contributed by atoms with Gasteiger partial charge in [-0.1, -0.05) is 13.8 Å². The summed E-state index contributed by atoms with van der Waals surface area (Å²) in [4.78, 5) is 12.3. The maximum atomic E-state index is 12.7. The van der Waals surface area contributed by atoms with Gasteiger partial charge in [0.25, 0.3) is 0 Å². The molecule has 0 aliphatic heterocycles. The molecule has 228 valence electrons. The number of hydrogen-bond donors (Lipinski definition) is 2. The van der Waals surface area contributed by atoms with E-state index in [1.165, 1.54) is 0 Å². The first-order valence-electron chi connectivity index (χ1n) is 9.96. The largest absolute Gasteiger partial charge is 0.412 e. The summed E-state index contributed by atoms with van der Waals surface area (Å²) in [6.07, 6.45) is -22.3. The molecular weight excluding hydrogens is 610 g/mol. The minimum atomic E-state index is -5.48. The monoisotopic (exact) mass is 632 g/mol. The summed E-state index contributed by atoms with van der Waals surface area (Å²) < 4.78 is 192. The van der Waals surface area contributed by atoms with E-state index in [2.05, 4.69) is 18.1 Å². The summed E-state index contributed by atoms with van der Waals surface area (Å²) in [7, 11) is -11.0. The van der Waals surface area contributed by atoms with Crippen LogP contribution in [0.15, 0.2) is 0 Å². The first kappa shape index (κ1) is 36.7. The summed E-state index contributed by atoms with van der Waals surface area (Å²) in [5, 5.41) is 3.17. The fourth-order valence-corrected chi connectivity index (χ4v) is 5.86. The first-order chi connectivity index (χ1) is 16.8. The highest BCUT2D eigenvalue weighted by Crippen LogP contribution is 2.56. The van der Waals surface area contributed by atoms with Gasteiger partial charge >= 0.3 is 45.9 Å². The van der Waals surface area contributed by atoms with Gasteiger partial charge in [0.1, 0.15) is 11.6 Å². The summed E-state index contributed by atoms with van der Waals surface area (Å²) >= 11 is 0. The SMILES string of the molecule is CCC(NC(=O)NC(CC)P(=O)(OCC(F)(F)F)OCC(F)(F)F)P(=O)(OCC(F)(F)F)OCC(F)(F)F. The van der Waals surface area contributed by atoms with Gasteiger partial charge in [-0.15, -0.1) is 0 Å². The molecule has 0 rings (SSSR count). The van der Waals surface area contributed by atoms with Crippen LogP contribution in [0.1, 0.15) is 26.7 Å². The van der Waals surface area contributed by atoms with E-state index < -0.39 is 96.8 Å². The molecule has 0 saturated heterocycles. The molecule has 0 aliphatic rings. The van der Waals surface area contributed by atoms with Crippen LogP contribution in [0.2, 0.25) is 0 Å². The van der Waals surface area contributed by atoms with Crippen LogP contribution in [0.4, 0.5) is 57.5 Å². The minimum absolute atomic E-state index is 0.718. The minimum Gasteiger partial charge on any atom is -0.324 e. The van der Waals surface area contributed by atoms with Crippen LogP contribution in [0.3, 0.4) is 0 Å². The Hall–Kier alpha value is -1.27. The van der Waals surface area contributed by atoms with Crippen LogP contribution in [0.5, 0.6) is 0 Å². The van der Waals surface area contributed by atoms with Gasteiger partial charge in [0, 0.05) is 0 Å². The zero-order valence-corrected chi connectivity index (χ0v) is 21.0. The Bertz CT molecular complexity index is 738. The van der Waals surface area contributed by atoms with Crippen molar-refractivity contribution < 1.29 is 84.7 Å². The number of amides is 2. The Morgan fingerprint density at radius 1 is 0.579 bits per heavy atom. The molecule has 0 aromatic heterocycles. The Labute approximate surface area is 206 Å². The lowest BCUT2D eigenvalue weighted by atomic mass is 10.4. The van der Waals surface area contributed by atoms with Crippen LogP contribution in [-0.4, -0.2) is 68.7 Å². The second kappa shape index (κ2) is 13.9. The second-order valence-electron chi connectivity index (χ2n) is 7.10. The lowest BCUT2D eigenvalue weighted by Crippen LogP contribution is -2.47. The van der Waals surface area contributed by atoms with Crippen molar-refractivity contribution in [1.82, 2.24) is 10.6 Å². The first-order valence-corrected chi connectivity index (χ1v) is 13.2. The summed E-state index contributed by atoms with van der Waals surface area (Å²) in [6.45, 7) is -7.55. The van der Waals surface area contributed by atoms with Gasteiger partial charge in [-0.3, -0.25) is 27.2 Å². The number of nitrogens with one attached hydrogen (secondary N) is 2. The Morgan fingerprint density at radius 2 is 0.789 bits per heavy atom. The molecule has 0 aromatic rings. The molecule has 0 heterocycles. The number of alkyl halides is 12. The fraction of sp³-hybridized carbons (Fsp3) is 0.933. The van der Waals surface area contributed by atoms with Crippen molar-refractivity contribution in [2.75, 3.05) is 26.4 Å². The van der Waals surface area contributed by atoms with E-state index in [1.54, 1.807) is 10.6 Å². The highest BCUT2D eigenvalue weighted by Gasteiger charge is 2.46. The van der Waals surface area contributed by atoms with Gasteiger partial charge < -0.3 is 10.6 Å². The van der Waals surface area contributed by atoms with E-state index in [-0.39, 0.29) is 0 Å². The molecule has 0 spiro atoms. The average Bonchev–Trinajstić information content (AvgIpc) is 2.73. The Balaban J connectivity index is 5.89. The van der Waals surface area contributed by atoms with Crippen molar-refractivity contribution in [1.29, 1.82) is 0 Å². The normalized spacial score (nSPS) is 15.7. The van der Waals surface area contributed by atoms with Crippen LogP contribution in [0, 0.1) is 0 Å². The molecule has 2 atom stereocenters. The fourth-order valence-electron chi connectivity index (χ4n) is 2.24. The maximum Gasteiger partial charge on any atom is 0.412 e. The van der Waals surface area contributed by atoms with Crippen molar-refractivity contribution in [3.05, 3.63) is 0 Å². The molecule has 0 aliphatic carbocycles.